The summed E-state index contributed by atoms with van der Waals surface area (Å²) in [4.78, 5) is 23.5. The highest BCUT2D eigenvalue weighted by Gasteiger charge is 2.13. The second-order valence-corrected chi connectivity index (χ2v) is 3.96. The van der Waals surface area contributed by atoms with E-state index in [2.05, 4.69) is 0 Å². The molecule has 18 heavy (non-hydrogen) atoms. The maximum Gasteiger partial charge on any atom is 0.411 e. The summed E-state index contributed by atoms with van der Waals surface area (Å²) in [6.07, 6.45) is -1.04. The molecule has 0 unspecified atom stereocenters. The molecule has 0 saturated carbocycles. The number of benzene rings is 1. The summed E-state index contributed by atoms with van der Waals surface area (Å²) in [6, 6.07) is 6.44. The van der Waals surface area contributed by atoms with Crippen LogP contribution in [0.4, 0.5) is 10.5 Å². The van der Waals surface area contributed by atoms with E-state index < -0.39 is 11.7 Å². The van der Waals surface area contributed by atoms with Gasteiger partial charge in [-0.2, -0.15) is 0 Å². The van der Waals surface area contributed by atoms with Gasteiger partial charge in [0.25, 0.3) is 0 Å². The number of amides is 1. The van der Waals surface area contributed by atoms with Gasteiger partial charge in [0, 0.05) is 24.1 Å². The first-order chi connectivity index (χ1) is 8.52. The minimum Gasteiger partial charge on any atom is -0.465 e. The molecule has 0 aliphatic rings. The van der Waals surface area contributed by atoms with Gasteiger partial charge in [0.05, 0.1) is 5.69 Å². The number of hydrogen-bond acceptors (Lipinski definition) is 3. The lowest BCUT2D eigenvalue weighted by molar-refractivity contribution is 0.202. The lowest BCUT2D eigenvalue weighted by Gasteiger charge is -2.17. The van der Waals surface area contributed by atoms with Crippen molar-refractivity contribution in [2.45, 2.75) is 13.8 Å². The van der Waals surface area contributed by atoms with E-state index in [0.29, 0.717) is 17.8 Å². The van der Waals surface area contributed by atoms with Crippen LogP contribution in [-0.2, 0) is 0 Å². The van der Waals surface area contributed by atoms with Crippen LogP contribution in [0.2, 0.25) is 0 Å². The third-order valence-electron chi connectivity index (χ3n) is 2.79. The molecule has 0 radical (unpaired) electrons. The monoisotopic (exact) mass is 247 g/mol. The number of fused-ring (bicyclic) bond motifs is 1. The Kier molecular flexibility index (Phi) is 3.06. The Morgan fingerprint density at radius 1 is 1.39 bits per heavy atom. The normalized spacial score (nSPS) is 10.6. The Balaban J connectivity index is 2.63. The first-order valence-corrected chi connectivity index (χ1v) is 5.58. The first-order valence-electron chi connectivity index (χ1n) is 5.58. The third-order valence-corrected chi connectivity index (χ3v) is 2.79. The highest BCUT2D eigenvalue weighted by atomic mass is 16.4. The van der Waals surface area contributed by atoms with Gasteiger partial charge in [-0.15, -0.1) is 0 Å². The van der Waals surface area contributed by atoms with Crippen LogP contribution < -0.4 is 10.5 Å². The predicted octanol–water partition coefficient (Wildman–Crippen LogP) is 2.61. The van der Waals surface area contributed by atoms with E-state index in [1.54, 1.807) is 25.1 Å². The highest BCUT2D eigenvalue weighted by Crippen LogP contribution is 2.23. The quantitative estimate of drug-likeness (QED) is 0.828. The van der Waals surface area contributed by atoms with Crippen LogP contribution in [0.3, 0.4) is 0 Å². The topological polar surface area (TPSA) is 70.8 Å². The molecule has 0 bridgehead atoms. The van der Waals surface area contributed by atoms with Crippen LogP contribution in [0.1, 0.15) is 12.5 Å². The number of hydrogen-bond donors (Lipinski definition) is 1. The zero-order valence-electron chi connectivity index (χ0n) is 10.1. The molecule has 0 spiro atoms. The highest BCUT2D eigenvalue weighted by molar-refractivity contribution is 5.90. The first kappa shape index (κ1) is 12.2. The maximum atomic E-state index is 11.3. The Hall–Kier alpha value is -2.30. The van der Waals surface area contributed by atoms with Crippen molar-refractivity contribution in [3.63, 3.8) is 0 Å². The minimum atomic E-state index is -1.04. The zero-order chi connectivity index (χ0) is 13.3. The molecule has 2 aromatic rings. The van der Waals surface area contributed by atoms with Crippen molar-refractivity contribution in [3.8, 4) is 0 Å². The Bertz CT molecular complexity index is 660. The molecule has 0 aliphatic carbocycles. The number of anilines is 1. The van der Waals surface area contributed by atoms with Crippen LogP contribution in [0.15, 0.2) is 33.5 Å². The van der Waals surface area contributed by atoms with Gasteiger partial charge in [0.2, 0.25) is 0 Å². The fraction of sp³-hybridized carbons (Fsp3) is 0.231. The Labute approximate surface area is 103 Å². The summed E-state index contributed by atoms with van der Waals surface area (Å²) in [6.45, 7) is 3.88. The van der Waals surface area contributed by atoms with Crippen LogP contribution in [0, 0.1) is 6.92 Å². The molecule has 1 aromatic carbocycles. The average molecular weight is 247 g/mol. The molecule has 0 atom stereocenters. The fourth-order valence-electron chi connectivity index (χ4n) is 1.91. The number of rotatable bonds is 2. The van der Waals surface area contributed by atoms with E-state index in [1.165, 1.54) is 11.0 Å². The van der Waals surface area contributed by atoms with Gasteiger partial charge in [-0.3, -0.25) is 4.90 Å². The average Bonchev–Trinajstić information content (AvgIpc) is 2.28. The second kappa shape index (κ2) is 4.52. The molecule has 1 amide bonds. The maximum absolute atomic E-state index is 11.3. The van der Waals surface area contributed by atoms with Crippen LogP contribution >= 0.6 is 0 Å². The SMILES string of the molecule is CCN(C(=O)O)c1ccc2c(C)cc(=O)oc2c1. The fourth-order valence-corrected chi connectivity index (χ4v) is 1.91. The van der Waals surface area contributed by atoms with Crippen molar-refractivity contribution in [2.75, 3.05) is 11.4 Å². The van der Waals surface area contributed by atoms with E-state index in [0.717, 1.165) is 10.9 Å². The Morgan fingerprint density at radius 2 is 2.11 bits per heavy atom. The standard InChI is InChI=1S/C13H13NO4/c1-3-14(13(16)17)9-4-5-10-8(2)6-12(15)18-11(10)7-9/h4-7H,3H2,1-2H3,(H,16,17). The molecule has 94 valence electrons. The van der Waals surface area contributed by atoms with Crippen LogP contribution in [-0.4, -0.2) is 17.7 Å². The van der Waals surface area contributed by atoms with Crippen molar-refractivity contribution in [1.29, 1.82) is 0 Å². The van der Waals surface area contributed by atoms with Gasteiger partial charge >= 0.3 is 11.7 Å². The molecule has 1 heterocycles. The molecule has 1 aromatic heterocycles. The number of nitrogens with zero attached hydrogens (tertiary/aromatic N) is 1. The van der Waals surface area contributed by atoms with E-state index in [-0.39, 0.29) is 0 Å². The molecule has 2 rings (SSSR count). The van der Waals surface area contributed by atoms with Crippen molar-refractivity contribution in [2.24, 2.45) is 0 Å². The van der Waals surface area contributed by atoms with E-state index in [1.807, 2.05) is 6.92 Å². The van der Waals surface area contributed by atoms with E-state index >= 15 is 0 Å². The molecule has 5 heteroatoms. The summed E-state index contributed by atoms with van der Waals surface area (Å²) in [7, 11) is 0. The minimum absolute atomic E-state index is 0.330. The summed E-state index contributed by atoms with van der Waals surface area (Å²) < 4.78 is 5.08. The molecular formula is C13H13NO4. The van der Waals surface area contributed by atoms with E-state index in [4.69, 9.17) is 9.52 Å². The Morgan fingerprint density at radius 3 is 2.72 bits per heavy atom. The lowest BCUT2D eigenvalue weighted by atomic mass is 10.1. The van der Waals surface area contributed by atoms with Crippen LogP contribution in [0.25, 0.3) is 11.0 Å². The zero-order valence-corrected chi connectivity index (χ0v) is 10.1. The molecule has 5 nitrogen and oxygen atoms in total. The van der Waals surface area contributed by atoms with Gasteiger partial charge in [-0.05, 0) is 31.5 Å². The predicted molar refractivity (Wildman–Crippen MR) is 68.3 cm³/mol. The largest absolute Gasteiger partial charge is 0.465 e. The van der Waals surface area contributed by atoms with Gasteiger partial charge in [0.15, 0.2) is 0 Å². The molecule has 0 fully saturated rings. The summed E-state index contributed by atoms with van der Waals surface area (Å²) >= 11 is 0. The lowest BCUT2D eigenvalue weighted by Crippen LogP contribution is -2.28. The number of carboxylic acid groups (broad SMARTS) is 1. The van der Waals surface area contributed by atoms with Gasteiger partial charge in [-0.25, -0.2) is 9.59 Å². The summed E-state index contributed by atoms with van der Waals surface area (Å²) in [5, 5.41) is 9.85. The summed E-state index contributed by atoms with van der Waals surface area (Å²) in [5.74, 6) is 0. The molecule has 0 saturated heterocycles. The molecular weight excluding hydrogens is 234 g/mol. The third kappa shape index (κ3) is 2.07. The van der Waals surface area contributed by atoms with Crippen molar-refractivity contribution in [3.05, 3.63) is 40.2 Å². The summed E-state index contributed by atoms with van der Waals surface area (Å²) in [5.41, 5.74) is 1.27. The van der Waals surface area contributed by atoms with Gasteiger partial charge in [-0.1, -0.05) is 0 Å². The number of carbonyl (C=O) groups is 1. The van der Waals surface area contributed by atoms with Crippen LogP contribution in [0.5, 0.6) is 0 Å². The smallest absolute Gasteiger partial charge is 0.411 e. The van der Waals surface area contributed by atoms with Gasteiger partial charge < -0.3 is 9.52 Å². The van der Waals surface area contributed by atoms with Crippen molar-refractivity contribution < 1.29 is 14.3 Å². The van der Waals surface area contributed by atoms with Crippen molar-refractivity contribution >= 4 is 22.7 Å². The molecule has 0 aliphatic heterocycles. The second-order valence-electron chi connectivity index (χ2n) is 3.96. The van der Waals surface area contributed by atoms with Crippen molar-refractivity contribution in [1.82, 2.24) is 0 Å². The number of aryl methyl sites for hydroxylation is 1. The molecule has 1 N–H and O–H groups in total. The van der Waals surface area contributed by atoms with E-state index in [9.17, 15) is 9.59 Å². The van der Waals surface area contributed by atoms with Gasteiger partial charge in [0.1, 0.15) is 5.58 Å².